The molecule has 0 radical (unpaired) electrons. The maximum Gasteiger partial charge on any atom is 0.265 e. The molecule has 0 aliphatic rings. The normalized spacial score (nSPS) is 10.7. The highest BCUT2D eigenvalue weighted by Gasteiger charge is 2.19. The van der Waals surface area contributed by atoms with Gasteiger partial charge in [-0.25, -0.2) is 8.78 Å². The lowest BCUT2D eigenvalue weighted by molar-refractivity contribution is 0.0998. The van der Waals surface area contributed by atoms with Gasteiger partial charge in [-0.05, 0) is 19.1 Å². The first kappa shape index (κ1) is 11.8. The number of hydrogen-bond acceptors (Lipinski definition) is 1. The molecule has 0 aromatic heterocycles. The van der Waals surface area contributed by atoms with Crippen LogP contribution in [0.5, 0.6) is 0 Å². The van der Waals surface area contributed by atoms with Gasteiger partial charge in [0, 0.05) is 20.1 Å². The molecule has 0 unspecified atom stereocenters. The number of carbonyl (C=O) groups is 1. The molecule has 0 spiro atoms. The second-order valence-electron chi connectivity index (χ2n) is 2.71. The minimum Gasteiger partial charge on any atom is -0.294 e. The van der Waals surface area contributed by atoms with Crippen LogP contribution in [0.25, 0.3) is 0 Å². The molecule has 0 aliphatic heterocycles. The van der Waals surface area contributed by atoms with Gasteiger partial charge in [0.25, 0.3) is 6.43 Å². The van der Waals surface area contributed by atoms with Gasteiger partial charge in [0.1, 0.15) is 0 Å². The molecule has 14 heavy (non-hydrogen) atoms. The van der Waals surface area contributed by atoms with Gasteiger partial charge in [0.2, 0.25) is 0 Å². The summed E-state index contributed by atoms with van der Waals surface area (Å²) in [6.07, 6.45) is -2.66. The van der Waals surface area contributed by atoms with E-state index in [1.54, 1.807) is 0 Å². The molecule has 0 bridgehead atoms. The Balaban J connectivity index is 3.44. The Bertz CT molecular complexity index is 377. The van der Waals surface area contributed by atoms with Crippen LogP contribution in [0.4, 0.5) is 8.78 Å². The Kier molecular flexibility index (Phi) is 3.78. The molecular weight excluding hydrogens is 322 g/mol. The van der Waals surface area contributed by atoms with Crippen LogP contribution in [0, 0.1) is 0 Å². The fraction of sp³-hybridized carbons (Fsp3) is 0.222. The molecule has 5 heteroatoms. The summed E-state index contributed by atoms with van der Waals surface area (Å²) in [5, 5.41) is 0. The lowest BCUT2D eigenvalue weighted by Crippen LogP contribution is -2.01. The summed E-state index contributed by atoms with van der Waals surface area (Å²) in [7, 11) is 0. The van der Waals surface area contributed by atoms with Gasteiger partial charge >= 0.3 is 0 Å². The number of halogens is 4. The summed E-state index contributed by atoms with van der Waals surface area (Å²) in [5.41, 5.74) is -0.207. The van der Waals surface area contributed by atoms with E-state index in [0.29, 0.717) is 4.47 Å². The highest BCUT2D eigenvalue weighted by atomic mass is 79.9. The number of alkyl halides is 2. The fourth-order valence-corrected chi connectivity index (χ4v) is 2.50. The van der Waals surface area contributed by atoms with E-state index in [4.69, 9.17) is 0 Å². The molecule has 0 amide bonds. The molecular formula is C9H6Br2F2O. The third-order valence-corrected chi connectivity index (χ3v) is 2.81. The first-order chi connectivity index (χ1) is 6.43. The summed E-state index contributed by atoms with van der Waals surface area (Å²) < 4.78 is 26.0. The van der Waals surface area contributed by atoms with Crippen molar-refractivity contribution in [1.29, 1.82) is 0 Å². The van der Waals surface area contributed by atoms with E-state index in [-0.39, 0.29) is 21.4 Å². The molecule has 0 saturated heterocycles. The quantitative estimate of drug-likeness (QED) is 0.738. The zero-order chi connectivity index (χ0) is 10.9. The van der Waals surface area contributed by atoms with Crippen molar-refractivity contribution in [3.05, 3.63) is 32.2 Å². The molecule has 0 heterocycles. The zero-order valence-electron chi connectivity index (χ0n) is 7.15. The molecule has 0 atom stereocenters. The van der Waals surface area contributed by atoms with Gasteiger partial charge in [0.15, 0.2) is 5.78 Å². The smallest absolute Gasteiger partial charge is 0.265 e. The average molecular weight is 328 g/mol. The number of ketones is 1. The third kappa shape index (κ3) is 2.39. The number of benzene rings is 1. The van der Waals surface area contributed by atoms with Gasteiger partial charge in [-0.2, -0.15) is 0 Å². The minimum atomic E-state index is -2.66. The van der Waals surface area contributed by atoms with Crippen LogP contribution in [0.3, 0.4) is 0 Å². The lowest BCUT2D eigenvalue weighted by Gasteiger charge is -2.09. The highest BCUT2D eigenvalue weighted by molar-refractivity contribution is 9.11. The SMILES string of the molecule is CC(=O)c1cc(Br)cc(Br)c1C(F)F. The second-order valence-corrected chi connectivity index (χ2v) is 4.48. The predicted molar refractivity (Wildman–Crippen MR) is 56.8 cm³/mol. The summed E-state index contributed by atoms with van der Waals surface area (Å²) in [6, 6.07) is 2.89. The van der Waals surface area contributed by atoms with E-state index in [2.05, 4.69) is 31.9 Å². The maximum absolute atomic E-state index is 12.6. The van der Waals surface area contributed by atoms with Crippen molar-refractivity contribution in [1.82, 2.24) is 0 Å². The van der Waals surface area contributed by atoms with Crippen molar-refractivity contribution >= 4 is 37.6 Å². The standard InChI is InChI=1S/C9H6Br2F2O/c1-4(14)6-2-5(10)3-7(11)8(6)9(12)13/h2-3,9H,1H3. The second kappa shape index (κ2) is 4.49. The molecule has 0 aliphatic carbocycles. The van der Waals surface area contributed by atoms with E-state index >= 15 is 0 Å². The van der Waals surface area contributed by atoms with Gasteiger partial charge in [-0.15, -0.1) is 0 Å². The maximum atomic E-state index is 12.6. The number of Topliss-reactive ketones (excluding diaryl/α,β-unsaturated/α-hetero) is 1. The van der Waals surface area contributed by atoms with Crippen LogP contribution >= 0.6 is 31.9 Å². The molecule has 76 valence electrons. The molecule has 0 fully saturated rings. The van der Waals surface area contributed by atoms with Crippen molar-refractivity contribution < 1.29 is 13.6 Å². The Morgan fingerprint density at radius 2 is 1.93 bits per heavy atom. The number of carbonyl (C=O) groups excluding carboxylic acids is 1. The predicted octanol–water partition coefficient (Wildman–Crippen LogP) is 4.35. The van der Waals surface area contributed by atoms with E-state index in [1.165, 1.54) is 19.1 Å². The average Bonchev–Trinajstić information content (AvgIpc) is 2.01. The van der Waals surface area contributed by atoms with Crippen LogP contribution in [0.15, 0.2) is 21.1 Å². The first-order valence-electron chi connectivity index (χ1n) is 3.71. The monoisotopic (exact) mass is 326 g/mol. The minimum absolute atomic E-state index is 0.0428. The summed E-state index contributed by atoms with van der Waals surface area (Å²) in [6.45, 7) is 1.26. The van der Waals surface area contributed by atoms with Crippen LogP contribution in [-0.2, 0) is 0 Å². The molecule has 1 rings (SSSR count). The van der Waals surface area contributed by atoms with E-state index < -0.39 is 6.43 Å². The Morgan fingerprint density at radius 1 is 1.36 bits per heavy atom. The van der Waals surface area contributed by atoms with Crippen molar-refractivity contribution in [2.45, 2.75) is 13.3 Å². The molecule has 0 N–H and O–H groups in total. The van der Waals surface area contributed by atoms with Crippen LogP contribution < -0.4 is 0 Å². The van der Waals surface area contributed by atoms with E-state index in [1.807, 2.05) is 0 Å². The zero-order valence-corrected chi connectivity index (χ0v) is 10.3. The Morgan fingerprint density at radius 3 is 2.36 bits per heavy atom. The van der Waals surface area contributed by atoms with Crippen LogP contribution in [0.2, 0.25) is 0 Å². The van der Waals surface area contributed by atoms with Crippen LogP contribution in [-0.4, -0.2) is 5.78 Å². The van der Waals surface area contributed by atoms with Gasteiger partial charge in [-0.1, -0.05) is 31.9 Å². The number of rotatable bonds is 2. The van der Waals surface area contributed by atoms with Crippen molar-refractivity contribution in [2.75, 3.05) is 0 Å². The van der Waals surface area contributed by atoms with Crippen molar-refractivity contribution in [3.8, 4) is 0 Å². The molecule has 1 aromatic carbocycles. The van der Waals surface area contributed by atoms with Crippen molar-refractivity contribution in [2.24, 2.45) is 0 Å². The van der Waals surface area contributed by atoms with Crippen molar-refractivity contribution in [3.63, 3.8) is 0 Å². The van der Waals surface area contributed by atoms with Gasteiger partial charge < -0.3 is 0 Å². The summed E-state index contributed by atoms with van der Waals surface area (Å²) >= 11 is 6.14. The summed E-state index contributed by atoms with van der Waals surface area (Å²) in [4.78, 5) is 11.1. The Labute approximate surface area is 96.8 Å². The fourth-order valence-electron chi connectivity index (χ4n) is 1.10. The first-order valence-corrected chi connectivity index (χ1v) is 5.30. The number of hydrogen-bond donors (Lipinski definition) is 0. The highest BCUT2D eigenvalue weighted by Crippen LogP contribution is 2.33. The van der Waals surface area contributed by atoms with Gasteiger partial charge in [-0.3, -0.25) is 4.79 Å². The van der Waals surface area contributed by atoms with Gasteiger partial charge in [0.05, 0.1) is 0 Å². The molecule has 1 nitrogen and oxygen atoms in total. The lowest BCUT2D eigenvalue weighted by atomic mass is 10.1. The largest absolute Gasteiger partial charge is 0.294 e. The topological polar surface area (TPSA) is 17.1 Å². The third-order valence-electron chi connectivity index (χ3n) is 1.69. The molecule has 1 aromatic rings. The summed E-state index contributed by atoms with van der Waals surface area (Å²) in [5.74, 6) is -0.373. The Hall–Kier alpha value is -0.290. The van der Waals surface area contributed by atoms with E-state index in [0.717, 1.165) is 0 Å². The van der Waals surface area contributed by atoms with E-state index in [9.17, 15) is 13.6 Å². The van der Waals surface area contributed by atoms with Crippen LogP contribution in [0.1, 0.15) is 29.3 Å². The molecule has 0 saturated carbocycles.